The maximum atomic E-state index is 6.42. The van der Waals surface area contributed by atoms with E-state index in [0.29, 0.717) is 56.6 Å². The number of ether oxygens (including phenoxy) is 6. The Hall–Kier alpha value is -4.68. The molecule has 268 valence electrons. The van der Waals surface area contributed by atoms with E-state index in [-0.39, 0.29) is 0 Å². The van der Waals surface area contributed by atoms with Crippen molar-refractivity contribution >= 4 is 66.8 Å². The molecule has 6 aromatic rings. The Morgan fingerprint density at radius 1 is 0.569 bits per heavy atom. The molecule has 3 N–H and O–H groups in total. The molecule has 51 heavy (non-hydrogen) atoms. The van der Waals surface area contributed by atoms with Crippen LogP contribution < -0.4 is 39.5 Å². The van der Waals surface area contributed by atoms with E-state index in [9.17, 15) is 0 Å². The summed E-state index contributed by atoms with van der Waals surface area (Å²) < 4.78 is 31.9. The van der Waals surface area contributed by atoms with Crippen LogP contribution in [0.1, 0.15) is 11.1 Å². The highest BCUT2D eigenvalue weighted by atomic mass is 79.9. The number of halogens is 3. The third-order valence-corrected chi connectivity index (χ3v) is 8.55. The smallest absolute Gasteiger partial charge is 0.162 e. The predicted octanol–water partition coefficient (Wildman–Crippen LogP) is 9.35. The zero-order valence-electron chi connectivity index (χ0n) is 29.1. The monoisotopic (exact) mass is 796 g/mol. The minimum absolute atomic E-state index is 0.587. The molecule has 13 heteroatoms. The number of methoxy groups -OCH3 is 6. The van der Waals surface area contributed by atoms with Gasteiger partial charge in [0.1, 0.15) is 21.9 Å². The minimum atomic E-state index is 0.587. The zero-order valence-corrected chi connectivity index (χ0v) is 32.2. The van der Waals surface area contributed by atoms with Crippen LogP contribution in [-0.2, 0) is 13.1 Å². The molecule has 2 aromatic heterocycles. The van der Waals surface area contributed by atoms with Gasteiger partial charge in [0, 0.05) is 36.0 Å². The van der Waals surface area contributed by atoms with Crippen molar-refractivity contribution in [2.45, 2.75) is 13.1 Å². The van der Waals surface area contributed by atoms with Gasteiger partial charge >= 0.3 is 0 Å². The van der Waals surface area contributed by atoms with E-state index in [4.69, 9.17) is 57.4 Å². The van der Waals surface area contributed by atoms with Gasteiger partial charge in [0.15, 0.2) is 23.0 Å². The number of aromatic nitrogens is 2. The highest BCUT2D eigenvalue weighted by Crippen LogP contribution is 2.36. The summed E-state index contributed by atoms with van der Waals surface area (Å²) in [5.74, 6) is 4.91. The maximum absolute atomic E-state index is 6.42. The van der Waals surface area contributed by atoms with Crippen molar-refractivity contribution in [2.75, 3.05) is 48.0 Å². The van der Waals surface area contributed by atoms with Gasteiger partial charge in [0.05, 0.1) is 63.7 Å². The van der Waals surface area contributed by atoms with Crippen molar-refractivity contribution in [1.82, 2.24) is 9.97 Å². The molecular formula is C38H39BrCl2N4O6. The SMILES string of the molecule is COc1cc2nc(Br)cc(Cl)c2cc1OC.COc1ccc(CN)cc1.COc1ccc(CNc2cc(Cl)c3cc(OC)c(OC)cc3n2)cc1. The van der Waals surface area contributed by atoms with E-state index in [1.165, 1.54) is 0 Å². The van der Waals surface area contributed by atoms with E-state index in [2.05, 4.69) is 31.2 Å². The van der Waals surface area contributed by atoms with Gasteiger partial charge in [0.25, 0.3) is 0 Å². The molecule has 0 unspecified atom stereocenters. The first-order chi connectivity index (χ1) is 24.7. The summed E-state index contributed by atoms with van der Waals surface area (Å²) in [6.07, 6.45) is 0. The molecule has 10 nitrogen and oxygen atoms in total. The first-order valence-corrected chi connectivity index (χ1v) is 17.0. The van der Waals surface area contributed by atoms with Crippen molar-refractivity contribution in [1.29, 1.82) is 0 Å². The highest BCUT2D eigenvalue weighted by molar-refractivity contribution is 9.10. The molecule has 0 saturated carbocycles. The van der Waals surface area contributed by atoms with Gasteiger partial charge in [-0.2, -0.15) is 0 Å². The molecule has 0 aliphatic heterocycles. The number of hydrogen-bond donors (Lipinski definition) is 2. The third kappa shape index (κ3) is 10.4. The summed E-state index contributed by atoms with van der Waals surface area (Å²) in [4.78, 5) is 8.93. The van der Waals surface area contributed by atoms with Crippen LogP contribution in [0.4, 0.5) is 5.82 Å². The van der Waals surface area contributed by atoms with Crippen molar-refractivity contribution < 1.29 is 28.4 Å². The molecule has 0 amide bonds. The number of benzene rings is 4. The van der Waals surface area contributed by atoms with Crippen LogP contribution in [0.15, 0.2) is 89.5 Å². The fourth-order valence-electron chi connectivity index (χ4n) is 4.78. The van der Waals surface area contributed by atoms with Gasteiger partial charge in [-0.1, -0.05) is 47.5 Å². The van der Waals surface area contributed by atoms with Gasteiger partial charge in [-0.15, -0.1) is 0 Å². The molecule has 0 fully saturated rings. The summed E-state index contributed by atoms with van der Waals surface area (Å²) in [6.45, 7) is 1.22. The van der Waals surface area contributed by atoms with Crippen molar-refractivity contribution in [2.24, 2.45) is 5.73 Å². The molecule has 6 rings (SSSR count). The fraction of sp³-hybridized carbons (Fsp3) is 0.211. The number of rotatable bonds is 10. The number of nitrogens with zero attached hydrogens (tertiary/aromatic N) is 2. The standard InChI is InChI=1S/C19H19ClN2O3.C11H9BrClNO2.C8H11NO/c1-23-13-6-4-12(5-7-13)11-21-19-9-15(20)14-8-17(24-2)18(25-3)10-16(14)22-19;1-15-9-3-6-7(13)4-11(12)14-8(6)5-10(9)16-2;1-10-8-4-2-7(6-9)3-5-8/h4-10H,11H2,1-3H3,(H,21,22);3-5H,1-2H3;2-5H,6,9H2,1H3. The lowest BCUT2D eigenvalue weighted by Crippen LogP contribution is -2.02. The first-order valence-electron chi connectivity index (χ1n) is 15.5. The summed E-state index contributed by atoms with van der Waals surface area (Å²) in [5.41, 5.74) is 9.14. The quantitative estimate of drug-likeness (QED) is 0.130. The maximum Gasteiger partial charge on any atom is 0.162 e. The van der Waals surface area contributed by atoms with Crippen LogP contribution in [0.5, 0.6) is 34.5 Å². The van der Waals surface area contributed by atoms with Gasteiger partial charge in [-0.05, 0) is 75.6 Å². The first kappa shape index (κ1) is 39.1. The molecule has 0 radical (unpaired) electrons. The minimum Gasteiger partial charge on any atom is -0.497 e. The predicted molar refractivity (Wildman–Crippen MR) is 209 cm³/mol. The molecule has 0 atom stereocenters. The lowest BCUT2D eigenvalue weighted by molar-refractivity contribution is 0.356. The average Bonchev–Trinajstić information content (AvgIpc) is 3.16. The normalized spacial score (nSPS) is 10.3. The number of anilines is 1. The van der Waals surface area contributed by atoms with Crippen LogP contribution in [0, 0.1) is 0 Å². The summed E-state index contributed by atoms with van der Waals surface area (Å²) in [5, 5.41) is 6.16. The second-order valence-corrected chi connectivity index (χ2v) is 12.2. The summed E-state index contributed by atoms with van der Waals surface area (Å²) in [6, 6.07) is 26.4. The van der Waals surface area contributed by atoms with Gasteiger partial charge in [-0.3, -0.25) is 0 Å². The fourth-order valence-corrected chi connectivity index (χ4v) is 5.84. The molecule has 0 saturated heterocycles. The van der Waals surface area contributed by atoms with Crippen LogP contribution >= 0.6 is 39.1 Å². The van der Waals surface area contributed by atoms with E-state index in [0.717, 1.165) is 44.4 Å². The van der Waals surface area contributed by atoms with E-state index >= 15 is 0 Å². The molecule has 4 aromatic carbocycles. The second kappa shape index (κ2) is 19.1. The van der Waals surface area contributed by atoms with Crippen molar-refractivity contribution in [3.63, 3.8) is 0 Å². The molecule has 0 spiro atoms. The number of nitrogens with two attached hydrogens (primary N) is 1. The Morgan fingerprint density at radius 2 is 1.00 bits per heavy atom. The Labute approximate surface area is 315 Å². The Balaban J connectivity index is 0.000000191. The summed E-state index contributed by atoms with van der Waals surface area (Å²) >= 11 is 15.8. The van der Waals surface area contributed by atoms with Crippen LogP contribution in [0.3, 0.4) is 0 Å². The average molecular weight is 799 g/mol. The zero-order chi connectivity index (χ0) is 36.9. The molecule has 0 aliphatic rings. The Bertz CT molecular complexity index is 2030. The highest BCUT2D eigenvalue weighted by Gasteiger charge is 2.12. The van der Waals surface area contributed by atoms with E-state index in [1.807, 2.05) is 66.7 Å². The molecule has 2 heterocycles. The number of pyridine rings is 2. The lowest BCUT2D eigenvalue weighted by Gasteiger charge is -2.12. The molecule has 0 aliphatic carbocycles. The third-order valence-electron chi connectivity index (χ3n) is 7.52. The van der Waals surface area contributed by atoms with Gasteiger partial charge in [0.2, 0.25) is 0 Å². The second-order valence-electron chi connectivity index (χ2n) is 10.6. The van der Waals surface area contributed by atoms with E-state index in [1.54, 1.807) is 60.9 Å². The lowest BCUT2D eigenvalue weighted by atomic mass is 10.2. The number of fused-ring (bicyclic) bond motifs is 2. The molecular weight excluding hydrogens is 759 g/mol. The number of nitrogens with one attached hydrogen (secondary N) is 1. The van der Waals surface area contributed by atoms with Crippen LogP contribution in [0.2, 0.25) is 10.0 Å². The van der Waals surface area contributed by atoms with E-state index < -0.39 is 0 Å². The molecule has 0 bridgehead atoms. The Morgan fingerprint density at radius 3 is 1.45 bits per heavy atom. The van der Waals surface area contributed by atoms with Crippen molar-refractivity contribution in [3.05, 3.63) is 111 Å². The van der Waals surface area contributed by atoms with Gasteiger partial charge < -0.3 is 39.5 Å². The number of hydrogen-bond acceptors (Lipinski definition) is 10. The summed E-state index contributed by atoms with van der Waals surface area (Å²) in [7, 11) is 9.66. The van der Waals surface area contributed by atoms with Gasteiger partial charge in [-0.25, -0.2) is 9.97 Å². The Kier molecular flexibility index (Phi) is 14.6. The van der Waals surface area contributed by atoms with Crippen molar-refractivity contribution in [3.8, 4) is 34.5 Å². The largest absolute Gasteiger partial charge is 0.497 e. The van der Waals surface area contributed by atoms with Crippen LogP contribution in [-0.4, -0.2) is 52.6 Å². The topological polar surface area (TPSA) is 119 Å². The van der Waals surface area contributed by atoms with Crippen LogP contribution in [0.25, 0.3) is 21.8 Å².